The quantitative estimate of drug-likeness (QED) is 0.598. The second-order valence-electron chi connectivity index (χ2n) is 6.15. The number of rotatable bonds is 7. The van der Waals surface area contributed by atoms with Crippen LogP contribution in [-0.2, 0) is 11.3 Å². The summed E-state index contributed by atoms with van der Waals surface area (Å²) in [7, 11) is 3.23. The number of aromatic nitrogens is 2. The summed E-state index contributed by atoms with van der Waals surface area (Å²) in [4.78, 5) is 18.4. The molecule has 0 unspecified atom stereocenters. The molecule has 0 aliphatic rings. The number of likely N-dealkylation sites (N-methyl/N-ethyl adjacent to an activating group) is 1. The number of methoxy groups -OCH3 is 1. The zero-order valence-corrected chi connectivity index (χ0v) is 16.5. The Hall–Kier alpha value is -3.06. The molecule has 0 aliphatic carbocycles. The van der Waals surface area contributed by atoms with Gasteiger partial charge in [-0.1, -0.05) is 22.8 Å². The molecule has 3 aromatic rings. The fraction of sp³-hybridized carbons (Fsp3) is 0.250. The summed E-state index contributed by atoms with van der Waals surface area (Å²) in [6.07, 6.45) is -0.684. The molecule has 1 aromatic heterocycles. The average molecular weight is 402 g/mol. The van der Waals surface area contributed by atoms with Gasteiger partial charge in [-0.2, -0.15) is 4.98 Å². The molecule has 8 heteroatoms. The van der Waals surface area contributed by atoms with Gasteiger partial charge in [-0.25, -0.2) is 0 Å². The summed E-state index contributed by atoms with van der Waals surface area (Å²) in [5.74, 6) is 1.76. The van der Waals surface area contributed by atoms with Crippen LogP contribution in [0.15, 0.2) is 53.1 Å². The molecule has 2 aromatic carbocycles. The lowest BCUT2D eigenvalue weighted by atomic mass is 10.2. The molecule has 3 rings (SSSR count). The van der Waals surface area contributed by atoms with Crippen LogP contribution < -0.4 is 9.47 Å². The lowest BCUT2D eigenvalue weighted by Crippen LogP contribution is -2.37. The molecule has 0 spiro atoms. The molecule has 0 radical (unpaired) electrons. The van der Waals surface area contributed by atoms with Crippen LogP contribution in [0.1, 0.15) is 12.8 Å². The van der Waals surface area contributed by atoms with E-state index in [1.807, 2.05) is 0 Å². The van der Waals surface area contributed by atoms with Gasteiger partial charge in [-0.15, -0.1) is 0 Å². The van der Waals surface area contributed by atoms with Gasteiger partial charge in [0, 0.05) is 23.7 Å². The van der Waals surface area contributed by atoms with Crippen molar-refractivity contribution in [1.29, 1.82) is 0 Å². The topological polar surface area (TPSA) is 77.7 Å². The highest BCUT2D eigenvalue weighted by atomic mass is 35.5. The van der Waals surface area contributed by atoms with Crippen LogP contribution in [0.2, 0.25) is 5.02 Å². The maximum atomic E-state index is 12.6. The standard InChI is InChI=1S/C20H20ClN3O4/c1-13(27-17-6-4-5-16(11-17)26-3)20(25)24(2)12-18-22-19(23-28-18)14-7-9-15(21)10-8-14/h4-11,13H,12H2,1-3H3/t13-/m0/s1. The Morgan fingerprint density at radius 2 is 1.93 bits per heavy atom. The fourth-order valence-corrected chi connectivity index (χ4v) is 2.68. The molecular weight excluding hydrogens is 382 g/mol. The maximum absolute atomic E-state index is 12.6. The van der Waals surface area contributed by atoms with E-state index in [0.29, 0.717) is 28.2 Å². The SMILES string of the molecule is COc1cccc(O[C@@H](C)C(=O)N(C)Cc2nc(-c3ccc(Cl)cc3)no2)c1. The van der Waals surface area contributed by atoms with E-state index in [1.54, 1.807) is 69.6 Å². The van der Waals surface area contributed by atoms with Crippen molar-refractivity contribution in [3.8, 4) is 22.9 Å². The smallest absolute Gasteiger partial charge is 0.263 e. The van der Waals surface area contributed by atoms with E-state index in [2.05, 4.69) is 10.1 Å². The van der Waals surface area contributed by atoms with E-state index in [0.717, 1.165) is 5.56 Å². The molecule has 1 amide bonds. The summed E-state index contributed by atoms with van der Waals surface area (Å²) in [5, 5.41) is 4.58. The number of benzene rings is 2. The van der Waals surface area contributed by atoms with E-state index in [9.17, 15) is 4.79 Å². The van der Waals surface area contributed by atoms with Gasteiger partial charge in [0.1, 0.15) is 11.5 Å². The first-order valence-electron chi connectivity index (χ1n) is 8.60. The Kier molecular flexibility index (Phi) is 6.16. The third-order valence-corrected chi connectivity index (χ3v) is 4.27. The second-order valence-corrected chi connectivity index (χ2v) is 6.59. The highest BCUT2D eigenvalue weighted by Crippen LogP contribution is 2.21. The van der Waals surface area contributed by atoms with E-state index >= 15 is 0 Å². The molecule has 146 valence electrons. The van der Waals surface area contributed by atoms with Crippen molar-refractivity contribution < 1.29 is 18.8 Å². The number of hydrogen-bond donors (Lipinski definition) is 0. The largest absolute Gasteiger partial charge is 0.497 e. The molecule has 28 heavy (non-hydrogen) atoms. The van der Waals surface area contributed by atoms with Gasteiger partial charge in [-0.05, 0) is 43.3 Å². The molecular formula is C20H20ClN3O4. The Bertz CT molecular complexity index is 943. The van der Waals surface area contributed by atoms with Gasteiger partial charge in [0.15, 0.2) is 6.10 Å². The molecule has 0 bridgehead atoms. The molecule has 0 N–H and O–H groups in total. The first kappa shape index (κ1) is 19.7. The summed E-state index contributed by atoms with van der Waals surface area (Å²) >= 11 is 5.89. The highest BCUT2D eigenvalue weighted by Gasteiger charge is 2.21. The maximum Gasteiger partial charge on any atom is 0.263 e. The molecule has 0 fully saturated rings. The van der Waals surface area contributed by atoms with Gasteiger partial charge in [0.25, 0.3) is 5.91 Å². The third kappa shape index (κ3) is 4.80. The van der Waals surface area contributed by atoms with Crippen molar-refractivity contribution in [2.75, 3.05) is 14.2 Å². The van der Waals surface area contributed by atoms with Crippen LogP contribution in [0.4, 0.5) is 0 Å². The first-order chi connectivity index (χ1) is 13.5. The summed E-state index contributed by atoms with van der Waals surface area (Å²) < 4.78 is 16.1. The van der Waals surface area contributed by atoms with Crippen molar-refractivity contribution in [3.63, 3.8) is 0 Å². The van der Waals surface area contributed by atoms with Crippen LogP contribution in [0, 0.1) is 0 Å². The first-order valence-corrected chi connectivity index (χ1v) is 8.98. The van der Waals surface area contributed by atoms with Crippen LogP contribution in [0.5, 0.6) is 11.5 Å². The summed E-state index contributed by atoms with van der Waals surface area (Å²) in [6, 6.07) is 14.2. The van der Waals surface area contributed by atoms with E-state index < -0.39 is 6.10 Å². The van der Waals surface area contributed by atoms with Gasteiger partial charge >= 0.3 is 0 Å². The van der Waals surface area contributed by atoms with Gasteiger partial charge in [-0.3, -0.25) is 4.79 Å². The normalized spacial score (nSPS) is 11.7. The minimum absolute atomic E-state index is 0.172. The predicted octanol–water partition coefficient (Wildman–Crippen LogP) is 3.82. The zero-order chi connectivity index (χ0) is 20.1. The van der Waals surface area contributed by atoms with Crippen molar-refractivity contribution in [2.24, 2.45) is 0 Å². The second kappa shape index (κ2) is 8.75. The minimum Gasteiger partial charge on any atom is -0.497 e. The predicted molar refractivity (Wildman–Crippen MR) is 104 cm³/mol. The summed E-state index contributed by atoms with van der Waals surface area (Å²) in [5.41, 5.74) is 0.781. The van der Waals surface area contributed by atoms with Crippen LogP contribution >= 0.6 is 11.6 Å². The number of halogens is 1. The lowest BCUT2D eigenvalue weighted by Gasteiger charge is -2.20. The fourth-order valence-electron chi connectivity index (χ4n) is 2.56. The van der Waals surface area contributed by atoms with E-state index in [4.69, 9.17) is 25.6 Å². The van der Waals surface area contributed by atoms with E-state index in [-0.39, 0.29) is 12.5 Å². The number of nitrogens with zero attached hydrogens (tertiary/aromatic N) is 3. The lowest BCUT2D eigenvalue weighted by molar-refractivity contribution is -0.137. The Morgan fingerprint density at radius 3 is 2.64 bits per heavy atom. The molecule has 0 saturated heterocycles. The van der Waals surface area contributed by atoms with Crippen molar-refractivity contribution in [1.82, 2.24) is 15.0 Å². The number of hydrogen-bond acceptors (Lipinski definition) is 6. The Labute approximate surface area is 167 Å². The summed E-state index contributed by atoms with van der Waals surface area (Å²) in [6.45, 7) is 1.86. The third-order valence-electron chi connectivity index (χ3n) is 4.02. The molecule has 1 atom stereocenters. The Morgan fingerprint density at radius 1 is 1.21 bits per heavy atom. The molecule has 0 aliphatic heterocycles. The monoisotopic (exact) mass is 401 g/mol. The number of amides is 1. The van der Waals surface area contributed by atoms with Crippen LogP contribution in [0.3, 0.4) is 0 Å². The average Bonchev–Trinajstić information content (AvgIpc) is 3.16. The van der Waals surface area contributed by atoms with Crippen molar-refractivity contribution in [3.05, 3.63) is 59.4 Å². The van der Waals surface area contributed by atoms with Gasteiger partial charge in [0.05, 0.1) is 13.7 Å². The van der Waals surface area contributed by atoms with Crippen LogP contribution in [-0.4, -0.2) is 41.2 Å². The van der Waals surface area contributed by atoms with Crippen molar-refractivity contribution >= 4 is 17.5 Å². The number of carbonyl (C=O) groups is 1. The van der Waals surface area contributed by atoms with Gasteiger partial charge in [0.2, 0.25) is 11.7 Å². The molecule has 0 saturated carbocycles. The van der Waals surface area contributed by atoms with Crippen LogP contribution in [0.25, 0.3) is 11.4 Å². The van der Waals surface area contributed by atoms with Gasteiger partial charge < -0.3 is 18.9 Å². The van der Waals surface area contributed by atoms with Crippen molar-refractivity contribution in [2.45, 2.75) is 19.6 Å². The minimum atomic E-state index is -0.684. The molecule has 1 heterocycles. The highest BCUT2D eigenvalue weighted by molar-refractivity contribution is 6.30. The van der Waals surface area contributed by atoms with E-state index in [1.165, 1.54) is 4.90 Å². The number of ether oxygens (including phenoxy) is 2. The molecule has 7 nitrogen and oxygen atoms in total. The number of carbonyl (C=O) groups excluding carboxylic acids is 1. The Balaban J connectivity index is 1.61. The zero-order valence-electron chi connectivity index (χ0n) is 15.8.